The van der Waals surface area contributed by atoms with Crippen molar-refractivity contribution in [2.75, 3.05) is 60.0 Å². The lowest BCUT2D eigenvalue weighted by molar-refractivity contribution is -0.192. The van der Waals surface area contributed by atoms with Crippen LogP contribution in [0, 0.1) is 17.8 Å². The predicted octanol–water partition coefficient (Wildman–Crippen LogP) is 2.21. The van der Waals surface area contributed by atoms with Gasteiger partial charge < -0.3 is 14.7 Å². The Hall–Kier alpha value is -2.22. The molecule has 2 spiro atoms. The third-order valence-corrected chi connectivity index (χ3v) is 9.72. The average molecular weight is 550 g/mol. The number of rotatable bonds is 5. The number of aliphatic carboxylic acids is 1. The molecular formula is C24H34F3N3O6S. The molecule has 3 saturated heterocycles. The quantitative estimate of drug-likeness (QED) is 0.600. The monoisotopic (exact) mass is 549 g/mol. The molecule has 13 heteroatoms. The first kappa shape index (κ1) is 29.3. The van der Waals surface area contributed by atoms with Crippen molar-refractivity contribution in [2.45, 2.75) is 37.3 Å². The number of fused-ring (bicyclic) bond motifs is 1. The zero-order valence-corrected chi connectivity index (χ0v) is 22.1. The number of sulfonamides is 1. The summed E-state index contributed by atoms with van der Waals surface area (Å²) in [4.78, 5) is 26.8. The number of carbonyl (C=O) groups is 2. The van der Waals surface area contributed by atoms with Crippen molar-refractivity contribution < 1.29 is 41.0 Å². The van der Waals surface area contributed by atoms with Gasteiger partial charge in [0.2, 0.25) is 15.9 Å². The van der Waals surface area contributed by atoms with Crippen LogP contribution in [0.25, 0.3) is 0 Å². The van der Waals surface area contributed by atoms with Crippen molar-refractivity contribution in [3.8, 4) is 0 Å². The van der Waals surface area contributed by atoms with Crippen molar-refractivity contribution in [3.63, 3.8) is 0 Å². The first-order chi connectivity index (χ1) is 17.2. The van der Waals surface area contributed by atoms with E-state index >= 15 is 0 Å². The van der Waals surface area contributed by atoms with E-state index in [1.54, 1.807) is 29.6 Å². The van der Waals surface area contributed by atoms with Gasteiger partial charge in [0.25, 0.3) is 0 Å². The Kier molecular flexibility index (Phi) is 8.62. The molecular weight excluding hydrogens is 515 g/mol. The van der Waals surface area contributed by atoms with Crippen LogP contribution >= 0.6 is 0 Å². The maximum Gasteiger partial charge on any atom is 0.490 e. The van der Waals surface area contributed by atoms with Gasteiger partial charge in [-0.1, -0.05) is 12.1 Å². The number of hydrogen-bond donors (Lipinski definition) is 1. The smallest absolute Gasteiger partial charge is 0.475 e. The fraction of sp³-hybridized carbons (Fsp3) is 0.667. The Labute approximate surface area is 215 Å². The van der Waals surface area contributed by atoms with Crippen molar-refractivity contribution >= 4 is 21.9 Å². The Bertz CT molecular complexity index is 1110. The molecule has 1 amide bonds. The highest BCUT2D eigenvalue weighted by molar-refractivity contribution is 7.89. The number of piperidine rings is 1. The predicted molar refractivity (Wildman–Crippen MR) is 128 cm³/mol. The molecule has 208 valence electrons. The summed E-state index contributed by atoms with van der Waals surface area (Å²) in [6, 6.07) is 7.11. The fourth-order valence-electron chi connectivity index (χ4n) is 5.85. The third kappa shape index (κ3) is 5.79. The van der Waals surface area contributed by atoms with Crippen LogP contribution in [0.1, 0.15) is 24.8 Å². The number of nitrogens with zero attached hydrogens (tertiary/aromatic N) is 3. The lowest BCUT2D eigenvalue weighted by atomic mass is 9.60. The molecule has 1 atom stereocenters. The highest BCUT2D eigenvalue weighted by Crippen LogP contribution is 2.57. The standard InChI is InChI=1S/C22H33N3O4S.C2HF3O2/c1-18-5-4-6-19(15-18)30(27,28)25-11-7-21(8-12-25)16-24(13-14-29-3)17-22(21)9-10-23(2)20(22)26;3-2(4,5)1(6)7/h4-6,15H,7-14,16-17H2,1-3H3;(H,6,7). The molecule has 0 bridgehead atoms. The van der Waals surface area contributed by atoms with E-state index in [-0.39, 0.29) is 11.3 Å². The van der Waals surface area contributed by atoms with E-state index in [0.29, 0.717) is 24.6 Å². The number of ether oxygens (including phenoxy) is 1. The molecule has 0 aliphatic carbocycles. The zero-order valence-electron chi connectivity index (χ0n) is 21.3. The van der Waals surface area contributed by atoms with Gasteiger partial charge in [0.1, 0.15) is 0 Å². The number of hydrogen-bond acceptors (Lipinski definition) is 6. The summed E-state index contributed by atoms with van der Waals surface area (Å²) in [6.45, 7) is 6.67. The molecule has 1 N–H and O–H groups in total. The highest BCUT2D eigenvalue weighted by atomic mass is 32.2. The van der Waals surface area contributed by atoms with Crippen LogP contribution in [-0.4, -0.2) is 106 Å². The second-order valence-corrected chi connectivity index (χ2v) is 12.0. The third-order valence-electron chi connectivity index (χ3n) is 7.83. The minimum absolute atomic E-state index is 0.165. The van der Waals surface area contributed by atoms with Gasteiger partial charge in [-0.05, 0) is 43.9 Å². The number of benzene rings is 1. The lowest BCUT2D eigenvalue weighted by Crippen LogP contribution is -2.53. The zero-order chi connectivity index (χ0) is 27.6. The Balaban J connectivity index is 0.000000479. The van der Waals surface area contributed by atoms with E-state index in [2.05, 4.69) is 4.90 Å². The van der Waals surface area contributed by atoms with Gasteiger partial charge in [-0.2, -0.15) is 17.5 Å². The number of alkyl halides is 3. The number of halogens is 3. The summed E-state index contributed by atoms with van der Waals surface area (Å²) in [5, 5.41) is 7.12. The van der Waals surface area contributed by atoms with E-state index in [1.807, 2.05) is 24.9 Å². The molecule has 3 aliphatic rings. The summed E-state index contributed by atoms with van der Waals surface area (Å²) < 4.78 is 65.0. The van der Waals surface area contributed by atoms with E-state index in [1.165, 1.54) is 0 Å². The maximum absolute atomic E-state index is 13.3. The molecule has 0 aromatic heterocycles. The second kappa shape index (κ2) is 10.9. The maximum atomic E-state index is 13.3. The molecule has 1 aromatic rings. The molecule has 1 aromatic carbocycles. The van der Waals surface area contributed by atoms with Gasteiger partial charge in [0.05, 0.1) is 16.9 Å². The molecule has 3 aliphatic heterocycles. The van der Waals surface area contributed by atoms with Crippen LogP contribution in [-0.2, 0) is 24.3 Å². The van der Waals surface area contributed by atoms with Crippen LogP contribution < -0.4 is 0 Å². The average Bonchev–Trinajstić information content (AvgIpc) is 3.29. The Morgan fingerprint density at radius 1 is 1.14 bits per heavy atom. The van der Waals surface area contributed by atoms with Crippen molar-refractivity contribution in [1.82, 2.24) is 14.1 Å². The number of methoxy groups -OCH3 is 1. The lowest BCUT2D eigenvalue weighted by Gasteiger charge is -2.46. The van der Waals surface area contributed by atoms with E-state index in [0.717, 1.165) is 51.0 Å². The van der Waals surface area contributed by atoms with E-state index in [4.69, 9.17) is 14.6 Å². The first-order valence-electron chi connectivity index (χ1n) is 12.0. The summed E-state index contributed by atoms with van der Waals surface area (Å²) >= 11 is 0. The largest absolute Gasteiger partial charge is 0.490 e. The molecule has 0 saturated carbocycles. The number of likely N-dealkylation sites (tertiary alicyclic amines) is 2. The second-order valence-electron chi connectivity index (χ2n) is 10.1. The summed E-state index contributed by atoms with van der Waals surface area (Å²) in [7, 11) is 0.0745. The van der Waals surface area contributed by atoms with Gasteiger partial charge in [-0.25, -0.2) is 13.2 Å². The summed E-state index contributed by atoms with van der Waals surface area (Å²) in [5.74, 6) is -2.52. The minimum Gasteiger partial charge on any atom is -0.475 e. The topological polar surface area (TPSA) is 107 Å². The molecule has 1 unspecified atom stereocenters. The SMILES string of the molecule is COCCN1CC2(CCN(S(=O)(=O)c3cccc(C)c3)CC2)C2(CCN(C)C2=O)C1.O=C(O)C(F)(F)F. The van der Waals surface area contributed by atoms with Gasteiger partial charge in [0, 0.05) is 58.8 Å². The fourth-order valence-corrected chi connectivity index (χ4v) is 7.40. The molecule has 4 rings (SSSR count). The first-order valence-corrected chi connectivity index (χ1v) is 13.5. The Morgan fingerprint density at radius 2 is 1.76 bits per heavy atom. The molecule has 9 nitrogen and oxygen atoms in total. The van der Waals surface area contributed by atoms with Crippen LogP contribution in [0.15, 0.2) is 29.2 Å². The normalized spacial score (nSPS) is 24.5. The summed E-state index contributed by atoms with van der Waals surface area (Å²) in [6.07, 6.45) is -2.78. The van der Waals surface area contributed by atoms with E-state index in [9.17, 15) is 26.4 Å². The van der Waals surface area contributed by atoms with Crippen LogP contribution in [0.4, 0.5) is 13.2 Å². The van der Waals surface area contributed by atoms with Crippen LogP contribution in [0.5, 0.6) is 0 Å². The van der Waals surface area contributed by atoms with Crippen molar-refractivity contribution in [3.05, 3.63) is 29.8 Å². The van der Waals surface area contributed by atoms with Crippen molar-refractivity contribution in [2.24, 2.45) is 10.8 Å². The highest BCUT2D eigenvalue weighted by Gasteiger charge is 2.64. The molecule has 3 fully saturated rings. The van der Waals surface area contributed by atoms with Gasteiger partial charge in [-0.3, -0.25) is 9.69 Å². The number of carbonyl (C=O) groups excluding carboxylic acids is 1. The summed E-state index contributed by atoms with van der Waals surface area (Å²) in [5.41, 5.74) is 0.378. The molecule has 3 heterocycles. The number of amides is 1. The van der Waals surface area contributed by atoms with E-state index < -0.39 is 27.6 Å². The number of carboxylic acids is 1. The van der Waals surface area contributed by atoms with Gasteiger partial charge in [0.15, 0.2) is 0 Å². The molecule has 0 radical (unpaired) electrons. The van der Waals surface area contributed by atoms with Gasteiger partial charge >= 0.3 is 12.1 Å². The van der Waals surface area contributed by atoms with Crippen LogP contribution in [0.3, 0.4) is 0 Å². The Morgan fingerprint density at radius 3 is 2.24 bits per heavy atom. The number of carboxylic acid groups (broad SMARTS) is 1. The molecule has 37 heavy (non-hydrogen) atoms. The van der Waals surface area contributed by atoms with Crippen molar-refractivity contribution in [1.29, 1.82) is 0 Å². The number of aryl methyl sites for hydroxylation is 1. The van der Waals surface area contributed by atoms with Gasteiger partial charge in [-0.15, -0.1) is 0 Å². The minimum atomic E-state index is -5.08. The van der Waals surface area contributed by atoms with Crippen LogP contribution in [0.2, 0.25) is 0 Å².